The van der Waals surface area contributed by atoms with E-state index >= 15 is 0 Å². The van der Waals surface area contributed by atoms with Crippen LogP contribution in [0.25, 0.3) is 0 Å². The summed E-state index contributed by atoms with van der Waals surface area (Å²) in [6, 6.07) is 2.63. The number of anilines is 1. The summed E-state index contributed by atoms with van der Waals surface area (Å²) >= 11 is 6.46. The third-order valence-corrected chi connectivity index (χ3v) is 4.46. The van der Waals surface area contributed by atoms with Crippen LogP contribution in [0.4, 0.5) is 5.82 Å². The first kappa shape index (κ1) is 16.5. The molecule has 1 atom stereocenters. The van der Waals surface area contributed by atoms with E-state index in [0.717, 1.165) is 62.0 Å². The van der Waals surface area contributed by atoms with Gasteiger partial charge in [0.1, 0.15) is 5.82 Å². The monoisotopic (exact) mass is 310 g/mol. The zero-order chi connectivity index (χ0) is 15.2. The van der Waals surface area contributed by atoms with E-state index in [0.29, 0.717) is 6.04 Å². The lowest BCUT2D eigenvalue weighted by atomic mass is 10.1. The van der Waals surface area contributed by atoms with Gasteiger partial charge in [-0.3, -0.25) is 4.90 Å². The van der Waals surface area contributed by atoms with Crippen molar-refractivity contribution in [3.8, 4) is 0 Å². The van der Waals surface area contributed by atoms with Gasteiger partial charge in [0.2, 0.25) is 0 Å². The fourth-order valence-electron chi connectivity index (χ4n) is 2.79. The van der Waals surface area contributed by atoms with Gasteiger partial charge in [-0.2, -0.15) is 0 Å². The Morgan fingerprint density at radius 3 is 2.86 bits per heavy atom. The van der Waals surface area contributed by atoms with E-state index in [1.807, 2.05) is 12.3 Å². The molecule has 0 aromatic carbocycles. The van der Waals surface area contributed by atoms with E-state index < -0.39 is 0 Å². The number of nitrogens with zero attached hydrogens (tertiary/aromatic N) is 3. The Bertz CT molecular complexity index is 452. The SMILES string of the molecule is CCCNCc1cnc(N2CCN(C)C(CC)C2)c(Cl)c1. The molecule has 1 unspecified atom stereocenters. The minimum atomic E-state index is 0.586. The van der Waals surface area contributed by atoms with Gasteiger partial charge in [-0.15, -0.1) is 0 Å². The molecule has 0 aliphatic carbocycles. The molecular weight excluding hydrogens is 284 g/mol. The first-order valence-electron chi connectivity index (χ1n) is 7.96. The summed E-state index contributed by atoms with van der Waals surface area (Å²) in [4.78, 5) is 9.35. The van der Waals surface area contributed by atoms with E-state index in [-0.39, 0.29) is 0 Å². The van der Waals surface area contributed by atoms with Gasteiger partial charge in [0, 0.05) is 38.4 Å². The average Bonchev–Trinajstić information content (AvgIpc) is 2.48. The van der Waals surface area contributed by atoms with Gasteiger partial charge in [-0.05, 0) is 38.1 Å². The molecule has 1 aliphatic rings. The lowest BCUT2D eigenvalue weighted by Gasteiger charge is -2.40. The number of aromatic nitrogens is 1. The lowest BCUT2D eigenvalue weighted by Crippen LogP contribution is -2.51. The normalized spacial score (nSPS) is 20.0. The Morgan fingerprint density at radius 1 is 1.38 bits per heavy atom. The molecule has 2 heterocycles. The number of likely N-dealkylation sites (N-methyl/N-ethyl adjacent to an activating group) is 1. The summed E-state index contributed by atoms with van der Waals surface area (Å²) in [5.41, 5.74) is 1.15. The van der Waals surface area contributed by atoms with Gasteiger partial charge in [-0.25, -0.2) is 4.98 Å². The molecule has 1 fully saturated rings. The van der Waals surface area contributed by atoms with E-state index in [1.165, 1.54) is 0 Å². The predicted molar refractivity (Wildman–Crippen MR) is 90.2 cm³/mol. The average molecular weight is 311 g/mol. The predicted octanol–water partition coefficient (Wildman–Crippen LogP) is 2.77. The second-order valence-electron chi connectivity index (χ2n) is 5.81. The summed E-state index contributed by atoms with van der Waals surface area (Å²) in [6.45, 7) is 9.33. The summed E-state index contributed by atoms with van der Waals surface area (Å²) in [6.07, 6.45) is 4.24. The van der Waals surface area contributed by atoms with Crippen molar-refractivity contribution in [3.05, 3.63) is 22.8 Å². The lowest BCUT2D eigenvalue weighted by molar-refractivity contribution is 0.213. The number of piperazine rings is 1. The zero-order valence-electron chi connectivity index (χ0n) is 13.4. The zero-order valence-corrected chi connectivity index (χ0v) is 14.2. The molecule has 118 valence electrons. The molecule has 0 amide bonds. The number of nitrogens with one attached hydrogen (secondary N) is 1. The van der Waals surface area contributed by atoms with Gasteiger partial charge in [0.25, 0.3) is 0 Å². The molecule has 0 radical (unpaired) electrons. The number of pyridine rings is 1. The third-order valence-electron chi connectivity index (χ3n) is 4.18. The van der Waals surface area contributed by atoms with Gasteiger partial charge >= 0.3 is 0 Å². The van der Waals surface area contributed by atoms with Crippen molar-refractivity contribution >= 4 is 17.4 Å². The molecule has 4 nitrogen and oxygen atoms in total. The molecule has 5 heteroatoms. The van der Waals surface area contributed by atoms with Crippen molar-refractivity contribution < 1.29 is 0 Å². The van der Waals surface area contributed by atoms with Crippen LogP contribution in [0.1, 0.15) is 32.3 Å². The van der Waals surface area contributed by atoms with Crippen LogP contribution in [0.15, 0.2) is 12.3 Å². The van der Waals surface area contributed by atoms with Crippen molar-refractivity contribution in [2.45, 2.75) is 39.3 Å². The van der Waals surface area contributed by atoms with Gasteiger partial charge < -0.3 is 10.2 Å². The fraction of sp³-hybridized carbons (Fsp3) is 0.688. The second kappa shape index (κ2) is 7.97. The number of halogens is 1. The molecule has 1 aromatic rings. The van der Waals surface area contributed by atoms with E-state index in [4.69, 9.17) is 11.6 Å². The largest absolute Gasteiger partial charge is 0.353 e. The molecule has 2 rings (SSSR count). The van der Waals surface area contributed by atoms with Crippen molar-refractivity contribution in [3.63, 3.8) is 0 Å². The van der Waals surface area contributed by atoms with Crippen LogP contribution < -0.4 is 10.2 Å². The van der Waals surface area contributed by atoms with Crippen LogP contribution in [0.5, 0.6) is 0 Å². The van der Waals surface area contributed by atoms with E-state index in [2.05, 4.69) is 41.0 Å². The first-order valence-corrected chi connectivity index (χ1v) is 8.33. The molecule has 1 aromatic heterocycles. The van der Waals surface area contributed by atoms with Crippen molar-refractivity contribution in [2.75, 3.05) is 38.1 Å². The molecule has 1 saturated heterocycles. The molecule has 1 N–H and O–H groups in total. The number of hydrogen-bond acceptors (Lipinski definition) is 4. The van der Waals surface area contributed by atoms with Gasteiger partial charge in [0.05, 0.1) is 5.02 Å². The van der Waals surface area contributed by atoms with E-state index in [9.17, 15) is 0 Å². The third kappa shape index (κ3) is 4.31. The minimum Gasteiger partial charge on any atom is -0.353 e. The van der Waals surface area contributed by atoms with Crippen LogP contribution >= 0.6 is 11.6 Å². The number of rotatable bonds is 6. The summed E-state index contributed by atoms with van der Waals surface area (Å²) < 4.78 is 0. The summed E-state index contributed by atoms with van der Waals surface area (Å²) in [7, 11) is 2.20. The first-order chi connectivity index (χ1) is 10.2. The maximum Gasteiger partial charge on any atom is 0.147 e. The van der Waals surface area contributed by atoms with Crippen LogP contribution in [0.3, 0.4) is 0 Å². The van der Waals surface area contributed by atoms with Gasteiger partial charge in [-0.1, -0.05) is 25.4 Å². The molecule has 0 saturated carbocycles. The van der Waals surface area contributed by atoms with Crippen molar-refractivity contribution in [1.29, 1.82) is 0 Å². The van der Waals surface area contributed by atoms with Crippen molar-refractivity contribution in [2.24, 2.45) is 0 Å². The van der Waals surface area contributed by atoms with Crippen LogP contribution in [-0.2, 0) is 6.54 Å². The van der Waals surface area contributed by atoms with Gasteiger partial charge in [0.15, 0.2) is 0 Å². The highest BCUT2D eigenvalue weighted by molar-refractivity contribution is 6.33. The highest BCUT2D eigenvalue weighted by Crippen LogP contribution is 2.26. The highest BCUT2D eigenvalue weighted by Gasteiger charge is 2.24. The Balaban J connectivity index is 2.03. The quantitative estimate of drug-likeness (QED) is 0.819. The summed E-state index contributed by atoms with van der Waals surface area (Å²) in [5.74, 6) is 0.933. The molecular formula is C16H27ClN4. The smallest absolute Gasteiger partial charge is 0.147 e. The van der Waals surface area contributed by atoms with Crippen LogP contribution in [0.2, 0.25) is 5.02 Å². The second-order valence-corrected chi connectivity index (χ2v) is 6.22. The standard InChI is InChI=1S/C16H27ClN4/c1-4-6-18-10-13-9-15(17)16(19-11-13)21-8-7-20(3)14(5-2)12-21/h9,11,14,18H,4-8,10,12H2,1-3H3. The molecule has 0 bridgehead atoms. The topological polar surface area (TPSA) is 31.4 Å². The van der Waals surface area contributed by atoms with Crippen LogP contribution in [-0.4, -0.2) is 49.2 Å². The summed E-state index contributed by atoms with van der Waals surface area (Å²) in [5, 5.41) is 4.15. The molecule has 1 aliphatic heterocycles. The Labute approximate surface area is 133 Å². The van der Waals surface area contributed by atoms with Crippen LogP contribution in [0, 0.1) is 0 Å². The number of hydrogen-bond donors (Lipinski definition) is 1. The fourth-order valence-corrected chi connectivity index (χ4v) is 3.10. The maximum atomic E-state index is 6.46. The van der Waals surface area contributed by atoms with E-state index in [1.54, 1.807) is 0 Å². The Morgan fingerprint density at radius 2 is 2.19 bits per heavy atom. The Kier molecular flexibility index (Phi) is 6.27. The molecule has 0 spiro atoms. The maximum absolute atomic E-state index is 6.46. The molecule has 21 heavy (non-hydrogen) atoms. The Hall–Kier alpha value is -0.840. The highest BCUT2D eigenvalue weighted by atomic mass is 35.5. The van der Waals surface area contributed by atoms with Crippen molar-refractivity contribution in [1.82, 2.24) is 15.2 Å². The minimum absolute atomic E-state index is 0.586.